The van der Waals surface area contributed by atoms with Gasteiger partial charge in [-0.2, -0.15) is 0 Å². The van der Waals surface area contributed by atoms with E-state index < -0.39 is 22.8 Å². The number of benzene rings is 1. The minimum absolute atomic E-state index is 0.0502. The van der Waals surface area contributed by atoms with Crippen LogP contribution >= 0.6 is 0 Å². The first kappa shape index (κ1) is 12.3. The van der Waals surface area contributed by atoms with E-state index in [2.05, 4.69) is 0 Å². The predicted molar refractivity (Wildman–Crippen MR) is 68.6 cm³/mol. The standard InChI is InChI=1S/C13H11NO6/c1-2-14-7-4-9-8(19-5-20-9)3-6(7)11(15)10(12(14)16)13(17)18/h3-4,15H,2,5H2,1H3,(H,17,18). The molecule has 3 rings (SSSR count). The summed E-state index contributed by atoms with van der Waals surface area (Å²) in [6, 6.07) is 3.04. The minimum atomic E-state index is -1.46. The van der Waals surface area contributed by atoms with Gasteiger partial charge < -0.3 is 24.3 Å². The second kappa shape index (κ2) is 4.16. The van der Waals surface area contributed by atoms with Crippen LogP contribution < -0.4 is 15.0 Å². The molecule has 0 amide bonds. The maximum Gasteiger partial charge on any atom is 0.345 e. The summed E-state index contributed by atoms with van der Waals surface area (Å²) in [6.07, 6.45) is 0. The van der Waals surface area contributed by atoms with Gasteiger partial charge in [0.1, 0.15) is 5.75 Å². The Morgan fingerprint density at radius 1 is 1.35 bits per heavy atom. The second-order valence-corrected chi connectivity index (χ2v) is 4.30. The fourth-order valence-electron chi connectivity index (χ4n) is 2.33. The summed E-state index contributed by atoms with van der Waals surface area (Å²) in [7, 11) is 0. The number of nitrogens with zero attached hydrogens (tertiary/aromatic N) is 1. The third-order valence-electron chi connectivity index (χ3n) is 3.26. The molecule has 0 bridgehead atoms. The van der Waals surface area contributed by atoms with Crippen LogP contribution in [0.3, 0.4) is 0 Å². The van der Waals surface area contributed by atoms with Crippen molar-refractivity contribution in [3.05, 3.63) is 28.0 Å². The lowest BCUT2D eigenvalue weighted by molar-refractivity contribution is 0.0691. The lowest BCUT2D eigenvalue weighted by Gasteiger charge is -2.12. The molecule has 1 aliphatic heterocycles. The largest absolute Gasteiger partial charge is 0.506 e. The fraction of sp³-hybridized carbons (Fsp3) is 0.231. The molecule has 2 N–H and O–H groups in total. The minimum Gasteiger partial charge on any atom is -0.506 e. The summed E-state index contributed by atoms with van der Waals surface area (Å²) in [5.74, 6) is -1.15. The smallest absolute Gasteiger partial charge is 0.345 e. The Hall–Kier alpha value is -2.70. The Labute approximate surface area is 112 Å². The number of carboxylic acids is 1. The maximum atomic E-state index is 12.1. The highest BCUT2D eigenvalue weighted by Gasteiger charge is 2.24. The van der Waals surface area contributed by atoms with E-state index in [9.17, 15) is 14.7 Å². The number of aromatic nitrogens is 1. The van der Waals surface area contributed by atoms with E-state index >= 15 is 0 Å². The summed E-state index contributed by atoms with van der Waals surface area (Å²) in [5.41, 5.74) is -0.980. The van der Waals surface area contributed by atoms with Crippen LogP contribution in [0.4, 0.5) is 0 Å². The summed E-state index contributed by atoms with van der Waals surface area (Å²) >= 11 is 0. The first-order chi connectivity index (χ1) is 9.54. The van der Waals surface area contributed by atoms with E-state index in [-0.39, 0.29) is 18.7 Å². The molecule has 104 valence electrons. The molecule has 2 heterocycles. The number of carboxylic acid groups (broad SMARTS) is 1. The first-order valence-corrected chi connectivity index (χ1v) is 5.97. The van der Waals surface area contributed by atoms with E-state index in [1.165, 1.54) is 10.6 Å². The van der Waals surface area contributed by atoms with E-state index in [0.717, 1.165) is 0 Å². The Morgan fingerprint density at radius 3 is 2.60 bits per heavy atom. The van der Waals surface area contributed by atoms with E-state index in [1.54, 1.807) is 13.0 Å². The molecule has 1 aromatic carbocycles. The molecule has 1 aliphatic rings. The lowest BCUT2D eigenvalue weighted by atomic mass is 10.1. The topological polar surface area (TPSA) is 98.0 Å². The summed E-state index contributed by atoms with van der Waals surface area (Å²) in [6.45, 7) is 2.04. The highest BCUT2D eigenvalue weighted by Crippen LogP contribution is 2.39. The lowest BCUT2D eigenvalue weighted by Crippen LogP contribution is -2.26. The van der Waals surface area contributed by atoms with Gasteiger partial charge in [-0.3, -0.25) is 4.79 Å². The van der Waals surface area contributed by atoms with Crippen molar-refractivity contribution in [1.82, 2.24) is 4.57 Å². The highest BCUT2D eigenvalue weighted by molar-refractivity contribution is 5.99. The van der Waals surface area contributed by atoms with E-state index in [1.807, 2.05) is 0 Å². The molecule has 0 spiro atoms. The van der Waals surface area contributed by atoms with Gasteiger partial charge in [0.05, 0.1) is 5.52 Å². The number of pyridine rings is 1. The van der Waals surface area contributed by atoms with Crippen molar-refractivity contribution in [2.45, 2.75) is 13.5 Å². The number of rotatable bonds is 2. The zero-order valence-corrected chi connectivity index (χ0v) is 10.5. The third kappa shape index (κ3) is 1.52. The zero-order valence-electron chi connectivity index (χ0n) is 10.5. The Balaban J connectivity index is 2.50. The third-order valence-corrected chi connectivity index (χ3v) is 3.26. The number of aromatic hydroxyl groups is 1. The van der Waals surface area contributed by atoms with E-state index in [4.69, 9.17) is 14.6 Å². The van der Waals surface area contributed by atoms with Crippen molar-refractivity contribution in [2.24, 2.45) is 0 Å². The van der Waals surface area contributed by atoms with Crippen molar-refractivity contribution in [3.63, 3.8) is 0 Å². The molecular formula is C13H11NO6. The van der Waals surface area contributed by atoms with Crippen LogP contribution in [0.25, 0.3) is 10.9 Å². The zero-order chi connectivity index (χ0) is 14.4. The number of fused-ring (bicyclic) bond motifs is 2. The van der Waals surface area contributed by atoms with Gasteiger partial charge in [-0.25, -0.2) is 4.79 Å². The summed E-state index contributed by atoms with van der Waals surface area (Å²) in [4.78, 5) is 23.3. The van der Waals surface area contributed by atoms with Gasteiger partial charge in [0.2, 0.25) is 6.79 Å². The molecule has 7 heteroatoms. The first-order valence-electron chi connectivity index (χ1n) is 5.97. The van der Waals surface area contributed by atoms with Crippen LogP contribution in [-0.2, 0) is 6.54 Å². The summed E-state index contributed by atoms with van der Waals surface area (Å²) in [5, 5.41) is 19.4. The summed E-state index contributed by atoms with van der Waals surface area (Å²) < 4.78 is 11.7. The molecular weight excluding hydrogens is 266 g/mol. The molecule has 0 aliphatic carbocycles. The van der Waals surface area contributed by atoms with Gasteiger partial charge in [0, 0.05) is 18.0 Å². The number of hydrogen-bond donors (Lipinski definition) is 2. The van der Waals surface area contributed by atoms with E-state index in [0.29, 0.717) is 17.0 Å². The number of carbonyl (C=O) groups is 1. The number of hydrogen-bond acceptors (Lipinski definition) is 5. The van der Waals surface area contributed by atoms with Gasteiger partial charge in [-0.1, -0.05) is 0 Å². The quantitative estimate of drug-likeness (QED) is 0.854. The van der Waals surface area contributed by atoms with Gasteiger partial charge in [0.15, 0.2) is 17.1 Å². The van der Waals surface area contributed by atoms with Crippen molar-refractivity contribution in [2.75, 3.05) is 6.79 Å². The Bertz CT molecular complexity index is 792. The maximum absolute atomic E-state index is 12.1. The predicted octanol–water partition coefficient (Wildman–Crippen LogP) is 1.15. The van der Waals surface area contributed by atoms with Crippen LogP contribution in [0, 0.1) is 0 Å². The average Bonchev–Trinajstić information content (AvgIpc) is 2.84. The van der Waals surface area contributed by atoms with Gasteiger partial charge >= 0.3 is 5.97 Å². The second-order valence-electron chi connectivity index (χ2n) is 4.30. The molecule has 20 heavy (non-hydrogen) atoms. The molecule has 2 aromatic rings. The average molecular weight is 277 g/mol. The molecule has 0 saturated carbocycles. The molecule has 0 saturated heterocycles. The monoisotopic (exact) mass is 277 g/mol. The van der Waals surface area contributed by atoms with Crippen LogP contribution in [-0.4, -0.2) is 27.5 Å². The number of aryl methyl sites for hydroxylation is 1. The Morgan fingerprint density at radius 2 is 2.00 bits per heavy atom. The molecule has 0 unspecified atom stereocenters. The van der Waals surface area contributed by atoms with Crippen LogP contribution in [0.15, 0.2) is 16.9 Å². The van der Waals surface area contributed by atoms with Crippen LogP contribution in [0.1, 0.15) is 17.3 Å². The molecule has 7 nitrogen and oxygen atoms in total. The van der Waals surface area contributed by atoms with Gasteiger partial charge in [-0.15, -0.1) is 0 Å². The molecule has 0 atom stereocenters. The normalized spacial score (nSPS) is 12.8. The van der Waals surface area contributed by atoms with Crippen molar-refractivity contribution in [1.29, 1.82) is 0 Å². The van der Waals surface area contributed by atoms with Gasteiger partial charge in [-0.05, 0) is 13.0 Å². The fourth-order valence-corrected chi connectivity index (χ4v) is 2.33. The van der Waals surface area contributed by atoms with Crippen molar-refractivity contribution < 1.29 is 24.5 Å². The molecule has 1 aromatic heterocycles. The SMILES string of the molecule is CCn1c(=O)c(C(=O)O)c(O)c2cc3c(cc21)OCO3. The highest BCUT2D eigenvalue weighted by atomic mass is 16.7. The Kier molecular flexibility index (Phi) is 2.56. The molecule has 0 radical (unpaired) electrons. The van der Waals surface area contributed by atoms with Crippen molar-refractivity contribution >= 4 is 16.9 Å². The van der Waals surface area contributed by atoms with Crippen LogP contribution in [0.5, 0.6) is 17.2 Å². The number of aromatic carboxylic acids is 1. The van der Waals surface area contributed by atoms with Crippen molar-refractivity contribution in [3.8, 4) is 17.2 Å². The van der Waals surface area contributed by atoms with Crippen LogP contribution in [0.2, 0.25) is 0 Å². The number of ether oxygens (including phenoxy) is 2. The van der Waals surface area contributed by atoms with Gasteiger partial charge in [0.25, 0.3) is 5.56 Å². The molecule has 0 fully saturated rings.